The van der Waals surface area contributed by atoms with Crippen molar-refractivity contribution in [2.75, 3.05) is 20.2 Å². The SMILES string of the molecule is COc1cc2nn(CC(=O)N3CCC(C(C)(C)O)CC3)cc2cc1CC(=O)OC(C)(C)C. The Morgan fingerprint density at radius 1 is 1.16 bits per heavy atom. The molecule has 0 atom stereocenters. The summed E-state index contributed by atoms with van der Waals surface area (Å²) in [7, 11) is 1.55. The molecular formula is C24H35N3O5. The summed E-state index contributed by atoms with van der Waals surface area (Å²) in [6, 6.07) is 3.64. The summed E-state index contributed by atoms with van der Waals surface area (Å²) in [4.78, 5) is 26.9. The van der Waals surface area contributed by atoms with Crippen LogP contribution in [0.25, 0.3) is 10.9 Å². The highest BCUT2D eigenvalue weighted by molar-refractivity contribution is 5.84. The second-order valence-electron chi connectivity index (χ2n) is 10.1. The molecule has 8 nitrogen and oxygen atoms in total. The van der Waals surface area contributed by atoms with Gasteiger partial charge in [0.25, 0.3) is 0 Å². The van der Waals surface area contributed by atoms with Crippen molar-refractivity contribution in [1.29, 1.82) is 0 Å². The molecule has 0 saturated carbocycles. The molecule has 0 unspecified atom stereocenters. The zero-order valence-electron chi connectivity index (χ0n) is 20.0. The number of carbonyl (C=O) groups excluding carboxylic acids is 2. The van der Waals surface area contributed by atoms with Crippen LogP contribution in [0, 0.1) is 5.92 Å². The third-order valence-electron chi connectivity index (χ3n) is 5.85. The molecule has 0 spiro atoms. The highest BCUT2D eigenvalue weighted by Crippen LogP contribution is 2.29. The van der Waals surface area contributed by atoms with Crippen LogP contribution in [-0.2, 0) is 27.3 Å². The van der Waals surface area contributed by atoms with E-state index in [0.29, 0.717) is 29.9 Å². The molecule has 3 rings (SSSR count). The molecular weight excluding hydrogens is 410 g/mol. The van der Waals surface area contributed by atoms with Crippen LogP contribution in [0.2, 0.25) is 0 Å². The lowest BCUT2D eigenvalue weighted by atomic mass is 9.83. The van der Waals surface area contributed by atoms with Gasteiger partial charge >= 0.3 is 5.97 Å². The molecule has 1 amide bonds. The average molecular weight is 446 g/mol. The highest BCUT2D eigenvalue weighted by atomic mass is 16.6. The van der Waals surface area contributed by atoms with Gasteiger partial charge in [-0.25, -0.2) is 0 Å². The number of rotatable bonds is 6. The van der Waals surface area contributed by atoms with Gasteiger partial charge in [-0.05, 0) is 59.4 Å². The van der Waals surface area contributed by atoms with Gasteiger partial charge < -0.3 is 19.5 Å². The lowest BCUT2D eigenvalue weighted by Gasteiger charge is -2.37. The van der Waals surface area contributed by atoms with Crippen LogP contribution in [0.5, 0.6) is 5.75 Å². The first-order valence-electron chi connectivity index (χ1n) is 11.1. The molecule has 2 heterocycles. The normalized spacial score (nSPS) is 15.8. The summed E-state index contributed by atoms with van der Waals surface area (Å²) in [6.45, 7) is 10.6. The van der Waals surface area contributed by atoms with Gasteiger partial charge in [-0.15, -0.1) is 0 Å². The number of esters is 1. The predicted octanol–water partition coefficient (Wildman–Crippen LogP) is 2.94. The molecule has 176 valence electrons. The second kappa shape index (κ2) is 9.10. The van der Waals surface area contributed by atoms with E-state index < -0.39 is 11.2 Å². The maximum atomic E-state index is 12.8. The Morgan fingerprint density at radius 3 is 2.38 bits per heavy atom. The summed E-state index contributed by atoms with van der Waals surface area (Å²) >= 11 is 0. The zero-order chi connectivity index (χ0) is 23.7. The Bertz CT molecular complexity index is 976. The molecule has 0 bridgehead atoms. The molecule has 0 radical (unpaired) electrons. The largest absolute Gasteiger partial charge is 0.496 e. The van der Waals surface area contributed by atoms with Crippen molar-refractivity contribution in [2.24, 2.45) is 5.92 Å². The zero-order valence-corrected chi connectivity index (χ0v) is 20.0. The summed E-state index contributed by atoms with van der Waals surface area (Å²) < 4.78 is 12.5. The van der Waals surface area contributed by atoms with Gasteiger partial charge in [-0.1, -0.05) is 0 Å². The van der Waals surface area contributed by atoms with Crippen LogP contribution >= 0.6 is 0 Å². The molecule has 1 N–H and O–H groups in total. The van der Waals surface area contributed by atoms with Crippen molar-refractivity contribution in [2.45, 2.75) is 71.6 Å². The van der Waals surface area contributed by atoms with Crippen molar-refractivity contribution in [1.82, 2.24) is 14.7 Å². The fourth-order valence-corrected chi connectivity index (χ4v) is 4.17. The van der Waals surface area contributed by atoms with Crippen LogP contribution in [0.3, 0.4) is 0 Å². The number of aromatic nitrogens is 2. The minimum atomic E-state index is -0.717. The summed E-state index contributed by atoms with van der Waals surface area (Å²) in [5, 5.41) is 15.6. The van der Waals surface area contributed by atoms with E-state index in [0.717, 1.165) is 18.2 Å². The Kier molecular flexibility index (Phi) is 6.83. The number of benzene rings is 1. The third-order valence-corrected chi connectivity index (χ3v) is 5.85. The van der Waals surface area contributed by atoms with Gasteiger partial charge in [-0.2, -0.15) is 5.10 Å². The highest BCUT2D eigenvalue weighted by Gasteiger charge is 2.32. The van der Waals surface area contributed by atoms with Gasteiger partial charge in [0.15, 0.2) is 0 Å². The molecule has 1 saturated heterocycles. The van der Waals surface area contributed by atoms with E-state index in [-0.39, 0.29) is 30.8 Å². The maximum Gasteiger partial charge on any atom is 0.310 e. The average Bonchev–Trinajstić information content (AvgIpc) is 3.06. The van der Waals surface area contributed by atoms with Crippen LogP contribution in [0.1, 0.15) is 53.0 Å². The molecule has 1 aromatic carbocycles. The minimum Gasteiger partial charge on any atom is -0.496 e. The minimum absolute atomic E-state index is 0.00736. The first kappa shape index (κ1) is 24.0. The second-order valence-corrected chi connectivity index (χ2v) is 10.1. The Balaban J connectivity index is 1.70. The Hall–Kier alpha value is -2.61. The van der Waals surface area contributed by atoms with Gasteiger partial charge in [-0.3, -0.25) is 14.3 Å². The van der Waals surface area contributed by atoms with Gasteiger partial charge in [0, 0.05) is 36.3 Å². The van der Waals surface area contributed by atoms with Gasteiger partial charge in [0.05, 0.1) is 24.6 Å². The molecule has 1 aliphatic rings. The van der Waals surface area contributed by atoms with E-state index in [1.165, 1.54) is 0 Å². The first-order chi connectivity index (χ1) is 14.9. The Labute approximate surface area is 189 Å². The van der Waals surface area contributed by atoms with Crippen LogP contribution in [0.15, 0.2) is 18.3 Å². The van der Waals surface area contributed by atoms with Crippen LogP contribution < -0.4 is 4.74 Å². The van der Waals surface area contributed by atoms with Gasteiger partial charge in [0.1, 0.15) is 17.9 Å². The predicted molar refractivity (Wildman–Crippen MR) is 121 cm³/mol. The lowest BCUT2D eigenvalue weighted by Crippen LogP contribution is -2.45. The number of methoxy groups -OCH3 is 1. The lowest BCUT2D eigenvalue weighted by molar-refractivity contribution is -0.154. The topological polar surface area (TPSA) is 93.9 Å². The van der Waals surface area contributed by atoms with E-state index in [9.17, 15) is 14.7 Å². The number of ether oxygens (including phenoxy) is 2. The van der Waals surface area contributed by atoms with Gasteiger partial charge in [0.2, 0.25) is 5.91 Å². The molecule has 2 aromatic rings. The van der Waals surface area contributed by atoms with E-state index in [1.54, 1.807) is 17.9 Å². The van der Waals surface area contributed by atoms with Crippen LogP contribution in [0.4, 0.5) is 0 Å². The maximum absolute atomic E-state index is 12.8. The third kappa shape index (κ3) is 6.00. The number of hydrogen-bond acceptors (Lipinski definition) is 6. The Morgan fingerprint density at radius 2 is 1.81 bits per heavy atom. The smallest absolute Gasteiger partial charge is 0.310 e. The van der Waals surface area contributed by atoms with E-state index in [2.05, 4.69) is 5.10 Å². The fourth-order valence-electron chi connectivity index (χ4n) is 4.17. The van der Waals surface area contributed by atoms with Crippen molar-refractivity contribution in [3.8, 4) is 5.75 Å². The number of hydrogen-bond donors (Lipinski definition) is 1. The van der Waals surface area contributed by atoms with E-state index in [4.69, 9.17) is 9.47 Å². The number of amides is 1. The fraction of sp³-hybridized carbons (Fsp3) is 0.625. The number of likely N-dealkylation sites (tertiary alicyclic amines) is 1. The molecule has 1 aromatic heterocycles. The molecule has 8 heteroatoms. The van der Waals surface area contributed by atoms with Crippen LogP contribution in [-0.4, -0.2) is 63.1 Å². The van der Waals surface area contributed by atoms with Crippen molar-refractivity contribution < 1.29 is 24.2 Å². The molecule has 0 aliphatic carbocycles. The summed E-state index contributed by atoms with van der Waals surface area (Å²) in [5.74, 6) is 0.448. The van der Waals surface area contributed by atoms with Crippen molar-refractivity contribution in [3.63, 3.8) is 0 Å². The van der Waals surface area contributed by atoms with Crippen molar-refractivity contribution >= 4 is 22.8 Å². The number of piperidine rings is 1. The number of nitrogens with zero attached hydrogens (tertiary/aromatic N) is 3. The standard InChI is InChI=1S/C24H35N3O5/c1-23(2,3)32-22(29)12-16-11-17-14-27(25-19(17)13-20(16)31-6)15-21(28)26-9-7-18(8-10-26)24(4,5)30/h11,13-14,18,30H,7-10,12,15H2,1-6H3. The quantitative estimate of drug-likeness (QED) is 0.687. The summed E-state index contributed by atoms with van der Waals surface area (Å²) in [5.41, 5.74) is 0.142. The number of carbonyl (C=O) groups is 2. The van der Waals surface area contributed by atoms with E-state index >= 15 is 0 Å². The number of fused-ring (bicyclic) bond motifs is 1. The molecule has 1 fully saturated rings. The molecule has 1 aliphatic heterocycles. The first-order valence-corrected chi connectivity index (χ1v) is 11.1. The van der Waals surface area contributed by atoms with Crippen molar-refractivity contribution in [3.05, 3.63) is 23.9 Å². The molecule has 32 heavy (non-hydrogen) atoms. The monoisotopic (exact) mass is 445 g/mol. The summed E-state index contributed by atoms with van der Waals surface area (Å²) in [6.07, 6.45) is 3.49. The van der Waals surface area contributed by atoms with E-state index in [1.807, 2.05) is 51.8 Å². The number of aliphatic hydroxyl groups is 1.